The first-order valence-electron chi connectivity index (χ1n) is 6.55. The van der Waals surface area contributed by atoms with E-state index in [0.29, 0.717) is 23.6 Å². The molecule has 0 saturated carbocycles. The first-order valence-corrected chi connectivity index (χ1v) is 6.55. The van der Waals surface area contributed by atoms with E-state index in [0.717, 1.165) is 11.8 Å². The monoisotopic (exact) mass is 287 g/mol. The highest BCUT2D eigenvalue weighted by Gasteiger charge is 2.24. The lowest BCUT2D eigenvalue weighted by Crippen LogP contribution is -2.24. The number of anilines is 1. The van der Waals surface area contributed by atoms with Gasteiger partial charge in [0.2, 0.25) is 0 Å². The highest BCUT2D eigenvalue weighted by atomic mass is 19.2. The molecule has 4 rings (SSSR count). The number of para-hydroxylation sites is 2. The highest BCUT2D eigenvalue weighted by Crippen LogP contribution is 2.33. The molecule has 3 aromatic rings. The maximum absolute atomic E-state index is 13.7. The van der Waals surface area contributed by atoms with Crippen LogP contribution in [0.15, 0.2) is 36.4 Å². The maximum Gasteiger partial charge on any atom is 0.186 e. The first-order chi connectivity index (χ1) is 10.2. The molecule has 0 spiro atoms. The number of H-pyrrole nitrogens is 1. The van der Waals surface area contributed by atoms with Crippen molar-refractivity contribution < 1.29 is 13.5 Å². The standard InChI is InChI=1S/C15H11F2N3O/c16-8-5-6-10-14(13(8)17)20-15(19-10)12-7-18-9-3-1-2-4-11(9)21-12/h1-6,12,18H,7H2,(H,19,20). The molecular formula is C15H11F2N3O. The maximum atomic E-state index is 13.7. The second kappa shape index (κ2) is 4.44. The molecule has 2 N–H and O–H groups in total. The molecule has 1 unspecified atom stereocenters. The zero-order valence-corrected chi connectivity index (χ0v) is 10.9. The summed E-state index contributed by atoms with van der Waals surface area (Å²) in [5.74, 6) is -0.676. The Balaban J connectivity index is 1.73. The van der Waals surface area contributed by atoms with E-state index in [-0.39, 0.29) is 11.6 Å². The largest absolute Gasteiger partial charge is 0.478 e. The van der Waals surface area contributed by atoms with Crippen molar-refractivity contribution in [1.29, 1.82) is 0 Å². The Morgan fingerprint density at radius 2 is 2.00 bits per heavy atom. The molecular weight excluding hydrogens is 276 g/mol. The van der Waals surface area contributed by atoms with Gasteiger partial charge in [0, 0.05) is 0 Å². The predicted molar refractivity (Wildman–Crippen MR) is 74.3 cm³/mol. The van der Waals surface area contributed by atoms with Crippen molar-refractivity contribution in [3.63, 3.8) is 0 Å². The van der Waals surface area contributed by atoms with Crippen molar-refractivity contribution >= 4 is 16.7 Å². The Bertz CT molecular complexity index is 831. The molecule has 1 aliphatic rings. The van der Waals surface area contributed by atoms with Crippen LogP contribution in [0.3, 0.4) is 0 Å². The number of benzene rings is 2. The van der Waals surface area contributed by atoms with Crippen molar-refractivity contribution in [3.8, 4) is 5.75 Å². The average Bonchev–Trinajstić information content (AvgIpc) is 2.95. The molecule has 106 valence electrons. The number of aromatic nitrogens is 2. The minimum Gasteiger partial charge on any atom is -0.478 e. The van der Waals surface area contributed by atoms with Crippen LogP contribution in [0.25, 0.3) is 11.0 Å². The fourth-order valence-corrected chi connectivity index (χ4v) is 2.45. The van der Waals surface area contributed by atoms with Gasteiger partial charge in [0.15, 0.2) is 23.6 Å². The molecule has 2 aromatic carbocycles. The van der Waals surface area contributed by atoms with Gasteiger partial charge in [-0.3, -0.25) is 0 Å². The molecule has 0 bridgehead atoms. The third-order valence-corrected chi connectivity index (χ3v) is 3.50. The van der Waals surface area contributed by atoms with Crippen LogP contribution in [0, 0.1) is 11.6 Å². The summed E-state index contributed by atoms with van der Waals surface area (Å²) in [6.07, 6.45) is -0.380. The van der Waals surface area contributed by atoms with Gasteiger partial charge in [-0.25, -0.2) is 13.8 Å². The number of hydrogen-bond donors (Lipinski definition) is 2. The van der Waals surface area contributed by atoms with E-state index in [4.69, 9.17) is 4.74 Å². The Kier molecular flexibility index (Phi) is 2.57. The Hall–Kier alpha value is -2.63. The SMILES string of the molecule is Fc1ccc2[nH]c(C3CNc4ccccc4O3)nc2c1F. The van der Waals surface area contributed by atoms with Crippen LogP contribution in [0.2, 0.25) is 0 Å². The molecule has 0 radical (unpaired) electrons. The minimum absolute atomic E-state index is 0.00698. The third kappa shape index (κ3) is 1.91. The lowest BCUT2D eigenvalue weighted by Gasteiger charge is -2.25. The van der Waals surface area contributed by atoms with E-state index in [2.05, 4.69) is 15.3 Å². The molecule has 1 aromatic heterocycles. The van der Waals surface area contributed by atoms with E-state index >= 15 is 0 Å². The van der Waals surface area contributed by atoms with Crippen molar-refractivity contribution in [2.45, 2.75) is 6.10 Å². The number of hydrogen-bond acceptors (Lipinski definition) is 3. The minimum atomic E-state index is -0.945. The third-order valence-electron chi connectivity index (χ3n) is 3.50. The van der Waals surface area contributed by atoms with E-state index in [1.165, 1.54) is 6.07 Å². The number of fused-ring (bicyclic) bond motifs is 2. The molecule has 1 atom stereocenters. The van der Waals surface area contributed by atoms with Gasteiger partial charge in [-0.05, 0) is 24.3 Å². The van der Waals surface area contributed by atoms with Gasteiger partial charge in [0.05, 0.1) is 17.7 Å². The molecule has 0 aliphatic carbocycles. The number of halogens is 2. The Morgan fingerprint density at radius 3 is 2.90 bits per heavy atom. The van der Waals surface area contributed by atoms with Crippen LogP contribution in [0.1, 0.15) is 11.9 Å². The van der Waals surface area contributed by atoms with Gasteiger partial charge in [-0.1, -0.05) is 12.1 Å². The van der Waals surface area contributed by atoms with Crippen LogP contribution in [0.5, 0.6) is 5.75 Å². The molecule has 21 heavy (non-hydrogen) atoms. The number of nitrogens with zero attached hydrogens (tertiary/aromatic N) is 1. The lowest BCUT2D eigenvalue weighted by atomic mass is 10.2. The molecule has 1 aliphatic heterocycles. The molecule has 2 heterocycles. The van der Waals surface area contributed by atoms with Gasteiger partial charge >= 0.3 is 0 Å². The van der Waals surface area contributed by atoms with Gasteiger partial charge in [0.1, 0.15) is 11.3 Å². The van der Waals surface area contributed by atoms with Gasteiger partial charge in [-0.2, -0.15) is 0 Å². The summed E-state index contributed by atoms with van der Waals surface area (Å²) in [4.78, 5) is 7.12. The topological polar surface area (TPSA) is 49.9 Å². The van der Waals surface area contributed by atoms with Crippen molar-refractivity contribution in [2.75, 3.05) is 11.9 Å². The summed E-state index contributed by atoms with van der Waals surface area (Å²) in [7, 11) is 0. The summed E-state index contributed by atoms with van der Waals surface area (Å²) in [5, 5.41) is 3.23. The summed E-state index contributed by atoms with van der Waals surface area (Å²) >= 11 is 0. The predicted octanol–water partition coefficient (Wildman–Crippen LogP) is 3.39. The fraction of sp³-hybridized carbons (Fsp3) is 0.133. The van der Waals surface area contributed by atoms with Crippen LogP contribution in [0.4, 0.5) is 14.5 Å². The van der Waals surface area contributed by atoms with Gasteiger partial charge < -0.3 is 15.0 Å². The van der Waals surface area contributed by atoms with Crippen molar-refractivity contribution in [2.24, 2.45) is 0 Å². The quantitative estimate of drug-likeness (QED) is 0.721. The second-order valence-electron chi connectivity index (χ2n) is 4.86. The number of nitrogens with one attached hydrogen (secondary N) is 2. The summed E-state index contributed by atoms with van der Waals surface area (Å²) in [5.41, 5.74) is 1.35. The number of aromatic amines is 1. The number of rotatable bonds is 1. The van der Waals surface area contributed by atoms with Crippen molar-refractivity contribution in [3.05, 3.63) is 53.9 Å². The second-order valence-corrected chi connectivity index (χ2v) is 4.86. The Morgan fingerprint density at radius 1 is 1.14 bits per heavy atom. The lowest BCUT2D eigenvalue weighted by molar-refractivity contribution is 0.202. The van der Waals surface area contributed by atoms with Gasteiger partial charge in [0.25, 0.3) is 0 Å². The average molecular weight is 287 g/mol. The van der Waals surface area contributed by atoms with Crippen LogP contribution in [-0.4, -0.2) is 16.5 Å². The molecule has 0 fully saturated rings. The number of ether oxygens (including phenoxy) is 1. The Labute approximate surface area is 118 Å². The van der Waals surface area contributed by atoms with Crippen LogP contribution in [-0.2, 0) is 0 Å². The van der Waals surface area contributed by atoms with Gasteiger partial charge in [-0.15, -0.1) is 0 Å². The normalized spacial score (nSPS) is 17.1. The highest BCUT2D eigenvalue weighted by molar-refractivity contribution is 5.76. The smallest absolute Gasteiger partial charge is 0.186 e. The zero-order valence-electron chi connectivity index (χ0n) is 10.9. The van der Waals surface area contributed by atoms with E-state index in [9.17, 15) is 8.78 Å². The summed E-state index contributed by atoms with van der Waals surface area (Å²) < 4.78 is 32.8. The molecule has 6 heteroatoms. The molecule has 0 amide bonds. The van der Waals surface area contributed by atoms with E-state index in [1.54, 1.807) is 0 Å². The zero-order chi connectivity index (χ0) is 14.4. The fourth-order valence-electron chi connectivity index (χ4n) is 2.45. The van der Waals surface area contributed by atoms with E-state index < -0.39 is 11.6 Å². The molecule has 4 nitrogen and oxygen atoms in total. The van der Waals surface area contributed by atoms with Crippen LogP contribution >= 0.6 is 0 Å². The molecule has 0 saturated heterocycles. The number of imidazole rings is 1. The van der Waals surface area contributed by atoms with Crippen molar-refractivity contribution in [1.82, 2.24) is 9.97 Å². The first kappa shape index (κ1) is 12.1. The van der Waals surface area contributed by atoms with Crippen LogP contribution < -0.4 is 10.1 Å². The summed E-state index contributed by atoms with van der Waals surface area (Å²) in [6.45, 7) is 0.501. The summed E-state index contributed by atoms with van der Waals surface area (Å²) in [6, 6.07) is 10.1. The van der Waals surface area contributed by atoms with E-state index in [1.807, 2.05) is 24.3 Å².